The molecule has 1 aromatic rings. The van der Waals surface area contributed by atoms with Crippen molar-refractivity contribution in [1.82, 2.24) is 0 Å². The molecule has 17 heavy (non-hydrogen) atoms. The number of aryl methyl sites for hydroxylation is 2. The molecule has 0 saturated heterocycles. The Morgan fingerprint density at radius 2 is 1.94 bits per heavy atom. The maximum Gasteiger partial charge on any atom is 0.303 e. The lowest BCUT2D eigenvalue weighted by atomic mass is 10.1. The van der Waals surface area contributed by atoms with Crippen LogP contribution in [0.2, 0.25) is 0 Å². The Bertz CT molecular complexity index is 374. The lowest BCUT2D eigenvalue weighted by Crippen LogP contribution is -2.02. The third kappa shape index (κ3) is 5.38. The molecule has 0 spiro atoms. The van der Waals surface area contributed by atoms with Gasteiger partial charge in [0, 0.05) is 18.7 Å². The van der Waals surface area contributed by atoms with Crippen LogP contribution in [0.3, 0.4) is 0 Å². The van der Waals surface area contributed by atoms with Gasteiger partial charge < -0.3 is 10.4 Å². The molecular weight excluding hydrogens is 214 g/mol. The van der Waals surface area contributed by atoms with Gasteiger partial charge in [0.1, 0.15) is 0 Å². The second-order valence-corrected chi connectivity index (χ2v) is 4.43. The molecule has 1 aromatic carbocycles. The average molecular weight is 235 g/mol. The Morgan fingerprint density at radius 1 is 1.18 bits per heavy atom. The van der Waals surface area contributed by atoms with Gasteiger partial charge in [0.15, 0.2) is 0 Å². The normalized spacial score (nSPS) is 10.2. The van der Waals surface area contributed by atoms with Gasteiger partial charge in [0.2, 0.25) is 0 Å². The first-order valence-corrected chi connectivity index (χ1v) is 6.12. The Kier molecular flexibility index (Phi) is 5.53. The summed E-state index contributed by atoms with van der Waals surface area (Å²) in [5.41, 5.74) is 3.74. The molecule has 0 atom stereocenters. The summed E-state index contributed by atoms with van der Waals surface area (Å²) in [6.45, 7) is 5.11. The van der Waals surface area contributed by atoms with Crippen molar-refractivity contribution >= 4 is 11.7 Å². The van der Waals surface area contributed by atoms with E-state index in [4.69, 9.17) is 5.11 Å². The molecule has 0 fully saturated rings. The first-order chi connectivity index (χ1) is 8.09. The number of nitrogens with one attached hydrogen (secondary N) is 1. The summed E-state index contributed by atoms with van der Waals surface area (Å²) in [7, 11) is 0. The predicted octanol–water partition coefficient (Wildman–Crippen LogP) is 3.36. The maximum absolute atomic E-state index is 10.3. The second-order valence-electron chi connectivity index (χ2n) is 4.43. The fourth-order valence-corrected chi connectivity index (χ4v) is 1.66. The summed E-state index contributed by atoms with van der Waals surface area (Å²) in [6.07, 6.45) is 3.03. The van der Waals surface area contributed by atoms with Crippen LogP contribution >= 0.6 is 0 Å². The molecule has 0 aliphatic heterocycles. The van der Waals surface area contributed by atoms with Crippen LogP contribution < -0.4 is 5.32 Å². The highest BCUT2D eigenvalue weighted by atomic mass is 16.4. The molecule has 0 saturated carbocycles. The van der Waals surface area contributed by atoms with Gasteiger partial charge in [0.25, 0.3) is 0 Å². The van der Waals surface area contributed by atoms with Gasteiger partial charge in [-0.1, -0.05) is 12.5 Å². The van der Waals surface area contributed by atoms with Gasteiger partial charge in [-0.15, -0.1) is 0 Å². The fourth-order valence-electron chi connectivity index (χ4n) is 1.66. The van der Waals surface area contributed by atoms with Crippen molar-refractivity contribution in [3.63, 3.8) is 0 Å². The van der Waals surface area contributed by atoms with E-state index in [1.165, 1.54) is 11.1 Å². The molecule has 0 heterocycles. The number of anilines is 1. The lowest BCUT2D eigenvalue weighted by molar-refractivity contribution is -0.137. The number of carboxylic acid groups (broad SMARTS) is 1. The molecule has 3 nitrogen and oxygen atoms in total. The van der Waals surface area contributed by atoms with Crippen LogP contribution in [0.25, 0.3) is 0 Å². The lowest BCUT2D eigenvalue weighted by Gasteiger charge is -2.08. The summed E-state index contributed by atoms with van der Waals surface area (Å²) < 4.78 is 0. The molecule has 1 rings (SSSR count). The highest BCUT2D eigenvalue weighted by Crippen LogP contribution is 2.14. The first kappa shape index (κ1) is 13.6. The molecule has 2 N–H and O–H groups in total. The van der Waals surface area contributed by atoms with E-state index in [1.807, 2.05) is 0 Å². The fraction of sp³-hybridized carbons (Fsp3) is 0.500. The van der Waals surface area contributed by atoms with Crippen molar-refractivity contribution in [1.29, 1.82) is 0 Å². The number of hydrogen-bond donors (Lipinski definition) is 2. The number of benzene rings is 1. The molecule has 0 bridgehead atoms. The van der Waals surface area contributed by atoms with Gasteiger partial charge >= 0.3 is 5.97 Å². The van der Waals surface area contributed by atoms with Crippen molar-refractivity contribution in [2.24, 2.45) is 0 Å². The van der Waals surface area contributed by atoms with Crippen molar-refractivity contribution in [2.75, 3.05) is 11.9 Å². The minimum absolute atomic E-state index is 0.281. The third-order valence-corrected chi connectivity index (χ3v) is 2.90. The van der Waals surface area contributed by atoms with Crippen LogP contribution in [0.5, 0.6) is 0 Å². The highest BCUT2D eigenvalue weighted by molar-refractivity contribution is 5.66. The quantitative estimate of drug-likeness (QED) is 0.712. The van der Waals surface area contributed by atoms with E-state index in [0.717, 1.165) is 31.5 Å². The Hall–Kier alpha value is -1.51. The van der Waals surface area contributed by atoms with E-state index >= 15 is 0 Å². The van der Waals surface area contributed by atoms with Crippen molar-refractivity contribution in [2.45, 2.75) is 39.5 Å². The van der Waals surface area contributed by atoms with Gasteiger partial charge in [-0.25, -0.2) is 0 Å². The molecule has 0 radical (unpaired) electrons. The smallest absolute Gasteiger partial charge is 0.303 e. The molecule has 0 aromatic heterocycles. The number of unbranched alkanes of at least 4 members (excludes halogenated alkanes) is 2. The number of carboxylic acids is 1. The standard InChI is InChI=1S/C14H21NO2/c1-11-7-8-13(10-12(11)2)15-9-5-3-4-6-14(16)17/h7-8,10,15H,3-6,9H2,1-2H3,(H,16,17). The van der Waals surface area contributed by atoms with Crippen molar-refractivity contribution in [3.8, 4) is 0 Å². The van der Waals surface area contributed by atoms with Crippen LogP contribution in [0.4, 0.5) is 5.69 Å². The zero-order valence-electron chi connectivity index (χ0n) is 10.6. The van der Waals surface area contributed by atoms with Gasteiger partial charge in [-0.05, 0) is 49.9 Å². The summed E-state index contributed by atoms with van der Waals surface area (Å²) in [5, 5.41) is 11.8. The largest absolute Gasteiger partial charge is 0.481 e. The van der Waals surface area contributed by atoms with Crippen LogP contribution in [0.1, 0.15) is 36.8 Å². The van der Waals surface area contributed by atoms with E-state index < -0.39 is 5.97 Å². The van der Waals surface area contributed by atoms with E-state index in [9.17, 15) is 4.79 Å². The topological polar surface area (TPSA) is 49.3 Å². The minimum atomic E-state index is -0.702. The molecule has 3 heteroatoms. The monoisotopic (exact) mass is 235 g/mol. The number of aliphatic carboxylic acids is 1. The van der Waals surface area contributed by atoms with Gasteiger partial charge in [-0.2, -0.15) is 0 Å². The van der Waals surface area contributed by atoms with Crippen LogP contribution in [0, 0.1) is 13.8 Å². The Labute approximate surface area is 103 Å². The third-order valence-electron chi connectivity index (χ3n) is 2.90. The number of carbonyl (C=O) groups is 1. The highest BCUT2D eigenvalue weighted by Gasteiger charge is 1.97. The number of rotatable bonds is 7. The van der Waals surface area contributed by atoms with Crippen molar-refractivity contribution < 1.29 is 9.90 Å². The molecule has 0 aliphatic rings. The molecule has 94 valence electrons. The van der Waals surface area contributed by atoms with E-state index in [0.29, 0.717) is 0 Å². The molecular formula is C14H21NO2. The zero-order valence-corrected chi connectivity index (χ0v) is 10.6. The summed E-state index contributed by atoms with van der Waals surface area (Å²) >= 11 is 0. The van der Waals surface area contributed by atoms with Crippen LogP contribution in [0.15, 0.2) is 18.2 Å². The molecule has 0 aliphatic carbocycles. The molecule has 0 amide bonds. The van der Waals surface area contributed by atoms with Gasteiger partial charge in [0.05, 0.1) is 0 Å². The first-order valence-electron chi connectivity index (χ1n) is 6.12. The van der Waals surface area contributed by atoms with E-state index in [-0.39, 0.29) is 6.42 Å². The van der Waals surface area contributed by atoms with Crippen LogP contribution in [-0.4, -0.2) is 17.6 Å². The average Bonchev–Trinajstić information content (AvgIpc) is 2.27. The summed E-state index contributed by atoms with van der Waals surface area (Å²) in [6, 6.07) is 6.34. The predicted molar refractivity (Wildman–Crippen MR) is 70.5 cm³/mol. The van der Waals surface area contributed by atoms with Crippen molar-refractivity contribution in [3.05, 3.63) is 29.3 Å². The minimum Gasteiger partial charge on any atom is -0.481 e. The molecule has 0 unspecified atom stereocenters. The number of hydrogen-bond acceptors (Lipinski definition) is 2. The Balaban J connectivity index is 2.18. The second kappa shape index (κ2) is 6.94. The van der Waals surface area contributed by atoms with Gasteiger partial charge in [-0.3, -0.25) is 4.79 Å². The maximum atomic E-state index is 10.3. The zero-order chi connectivity index (χ0) is 12.7. The summed E-state index contributed by atoms with van der Waals surface area (Å²) in [5.74, 6) is -0.702. The SMILES string of the molecule is Cc1ccc(NCCCCCC(=O)O)cc1C. The Morgan fingerprint density at radius 3 is 2.59 bits per heavy atom. The van der Waals surface area contributed by atoms with Crippen LogP contribution in [-0.2, 0) is 4.79 Å². The van der Waals surface area contributed by atoms with E-state index in [2.05, 4.69) is 37.4 Å². The van der Waals surface area contributed by atoms with E-state index in [1.54, 1.807) is 0 Å². The summed E-state index contributed by atoms with van der Waals surface area (Å²) in [4.78, 5) is 10.3.